The van der Waals surface area contributed by atoms with E-state index in [9.17, 15) is 19.5 Å². The third-order valence-corrected chi connectivity index (χ3v) is 6.91. The van der Waals surface area contributed by atoms with Gasteiger partial charge >= 0.3 is 0 Å². The van der Waals surface area contributed by atoms with E-state index < -0.39 is 30.4 Å². The number of halogens is 1. The number of carbonyl (C=O) groups excluding carboxylic acids is 3. The van der Waals surface area contributed by atoms with E-state index in [2.05, 4.69) is 30.9 Å². The fourth-order valence-electron chi connectivity index (χ4n) is 4.56. The van der Waals surface area contributed by atoms with Crippen molar-refractivity contribution in [3.63, 3.8) is 0 Å². The molecule has 2 aromatic heterocycles. The number of amides is 3. The molecule has 16 heteroatoms. The number of nitrogens with zero attached hydrogens (tertiary/aromatic N) is 5. The lowest BCUT2D eigenvalue weighted by molar-refractivity contribution is -0.139. The molecule has 6 N–H and O–H groups in total. The third kappa shape index (κ3) is 5.49. The van der Waals surface area contributed by atoms with Crippen LogP contribution >= 0.6 is 11.6 Å². The number of nitrogens with two attached hydrogens (primary N) is 1. The number of aliphatic hydroxyl groups excluding tert-OH is 1. The van der Waals surface area contributed by atoms with Crippen LogP contribution in [0.4, 0.5) is 5.82 Å². The van der Waals surface area contributed by atoms with E-state index in [1.807, 2.05) is 0 Å². The van der Waals surface area contributed by atoms with Gasteiger partial charge in [-0.3, -0.25) is 19.0 Å². The van der Waals surface area contributed by atoms with Crippen molar-refractivity contribution in [3.8, 4) is 5.75 Å². The largest absolute Gasteiger partial charge is 0.483 e. The number of nitrogens with one attached hydrogen (secondary N) is 3. The molecule has 212 valence electrons. The van der Waals surface area contributed by atoms with Crippen LogP contribution in [0.1, 0.15) is 11.8 Å². The molecule has 0 aliphatic carbocycles. The number of benzene rings is 1. The quantitative estimate of drug-likeness (QED) is 0.216. The summed E-state index contributed by atoms with van der Waals surface area (Å²) >= 11 is 6.22. The van der Waals surface area contributed by atoms with E-state index in [4.69, 9.17) is 26.8 Å². The van der Waals surface area contributed by atoms with Crippen molar-refractivity contribution in [2.24, 2.45) is 5.73 Å². The zero-order valence-electron chi connectivity index (χ0n) is 21.4. The minimum atomic E-state index is -1.18. The molecule has 2 aliphatic heterocycles. The van der Waals surface area contributed by atoms with Crippen molar-refractivity contribution >= 4 is 46.3 Å². The number of piperazine rings is 1. The zero-order valence-corrected chi connectivity index (χ0v) is 22.2. The highest BCUT2D eigenvalue weighted by Gasteiger charge is 2.46. The maximum atomic E-state index is 12.5. The highest BCUT2D eigenvalue weighted by Crippen LogP contribution is 2.32. The van der Waals surface area contributed by atoms with Gasteiger partial charge in [-0.2, -0.15) is 0 Å². The van der Waals surface area contributed by atoms with Crippen molar-refractivity contribution in [1.29, 1.82) is 0 Å². The normalized spacial score (nSPS) is 22.7. The van der Waals surface area contributed by atoms with Gasteiger partial charge in [0.25, 0.3) is 11.8 Å². The lowest BCUT2D eigenvalue weighted by Crippen LogP contribution is -2.51. The Morgan fingerprint density at radius 1 is 1.32 bits per heavy atom. The fraction of sp³-hybridized carbons (Fsp3) is 0.417. The summed E-state index contributed by atoms with van der Waals surface area (Å²) in [6.07, 6.45) is -0.455. The van der Waals surface area contributed by atoms with Crippen LogP contribution in [0.25, 0.3) is 11.2 Å². The fourth-order valence-corrected chi connectivity index (χ4v) is 4.75. The third-order valence-electron chi connectivity index (χ3n) is 6.67. The van der Waals surface area contributed by atoms with Crippen LogP contribution in [0.5, 0.6) is 5.75 Å². The Balaban J connectivity index is 1.30. The predicted octanol–water partition coefficient (Wildman–Crippen LogP) is -1.24. The number of hydrogen-bond donors (Lipinski definition) is 5. The molecule has 2 fully saturated rings. The van der Waals surface area contributed by atoms with Crippen LogP contribution in [-0.4, -0.2) is 98.8 Å². The molecule has 0 spiro atoms. The number of imidazole rings is 1. The molecule has 2 saturated heterocycles. The van der Waals surface area contributed by atoms with Gasteiger partial charge in [-0.1, -0.05) is 11.6 Å². The smallest absolute Gasteiger partial charge is 0.261 e. The van der Waals surface area contributed by atoms with E-state index in [0.29, 0.717) is 46.4 Å². The Hall–Kier alpha value is -4.05. The molecular formula is C24H28ClN9O6. The number of carbonyl (C=O) groups is 3. The molecule has 5 rings (SSSR count). The molecule has 3 aromatic rings. The van der Waals surface area contributed by atoms with E-state index >= 15 is 0 Å². The van der Waals surface area contributed by atoms with Crippen molar-refractivity contribution < 1.29 is 29.0 Å². The Kier molecular flexibility index (Phi) is 7.97. The second-order valence-electron chi connectivity index (χ2n) is 9.24. The van der Waals surface area contributed by atoms with Crippen molar-refractivity contribution in [2.75, 3.05) is 38.6 Å². The summed E-state index contributed by atoms with van der Waals surface area (Å²) in [5.74, 6) is -0.152. The Labute approximate surface area is 233 Å². The highest BCUT2D eigenvalue weighted by atomic mass is 35.5. The molecule has 0 saturated carbocycles. The predicted molar refractivity (Wildman–Crippen MR) is 141 cm³/mol. The van der Waals surface area contributed by atoms with Gasteiger partial charge in [0.15, 0.2) is 35.9 Å². The summed E-state index contributed by atoms with van der Waals surface area (Å²) in [6, 6.07) is 4.06. The molecule has 2 aliphatic rings. The van der Waals surface area contributed by atoms with Crippen molar-refractivity contribution in [1.82, 2.24) is 35.1 Å². The summed E-state index contributed by atoms with van der Waals surface area (Å²) in [6.45, 7) is 0.779. The number of aromatic nitrogens is 4. The number of fused-ring (bicyclic) bond motifs is 1. The summed E-state index contributed by atoms with van der Waals surface area (Å²) in [5, 5.41) is 19.5. The summed E-state index contributed by atoms with van der Waals surface area (Å²) < 4.78 is 13.0. The Morgan fingerprint density at radius 2 is 2.15 bits per heavy atom. The maximum Gasteiger partial charge on any atom is 0.261 e. The van der Waals surface area contributed by atoms with Crippen LogP contribution in [0.3, 0.4) is 0 Å². The van der Waals surface area contributed by atoms with Crippen molar-refractivity contribution in [2.45, 2.75) is 31.0 Å². The van der Waals surface area contributed by atoms with Crippen molar-refractivity contribution in [3.05, 3.63) is 41.4 Å². The Bertz CT molecular complexity index is 1440. The van der Waals surface area contributed by atoms with Gasteiger partial charge in [0, 0.05) is 37.3 Å². The van der Waals surface area contributed by atoms with Crippen LogP contribution in [0.15, 0.2) is 30.9 Å². The van der Waals surface area contributed by atoms with Crippen LogP contribution in [0, 0.1) is 0 Å². The van der Waals surface area contributed by atoms with Crippen LogP contribution in [-0.2, 0) is 25.7 Å². The van der Waals surface area contributed by atoms with Gasteiger partial charge in [-0.25, -0.2) is 15.0 Å². The highest BCUT2D eigenvalue weighted by molar-refractivity contribution is 6.30. The van der Waals surface area contributed by atoms with Gasteiger partial charge in [0.2, 0.25) is 5.91 Å². The van der Waals surface area contributed by atoms with Gasteiger partial charge in [-0.15, -0.1) is 0 Å². The van der Waals surface area contributed by atoms with Crippen LogP contribution in [0.2, 0.25) is 5.02 Å². The number of anilines is 1. The first-order valence-electron chi connectivity index (χ1n) is 12.4. The van der Waals surface area contributed by atoms with Gasteiger partial charge in [-0.05, 0) is 18.2 Å². The maximum absolute atomic E-state index is 12.5. The molecule has 4 heterocycles. The van der Waals surface area contributed by atoms with E-state index in [1.165, 1.54) is 29.2 Å². The van der Waals surface area contributed by atoms with E-state index in [1.54, 1.807) is 18.2 Å². The number of rotatable bonds is 8. The first-order chi connectivity index (χ1) is 19.3. The average Bonchev–Trinajstić information content (AvgIpc) is 3.51. The lowest BCUT2D eigenvalue weighted by Gasteiger charge is -2.26. The minimum Gasteiger partial charge on any atom is -0.483 e. The standard InChI is InChI=1S/C24H28ClN9O6/c1-27-23(38)20-17(26)19(37)24(40-20)34-11-32-18-21(30-10-31-22(18)34)29-7-12-6-13(25)2-3-14(12)39-9-16(36)33-5-4-28-15(35)8-33/h2-3,6,10-11,17,19-20,24,37H,4-5,7-9,26H2,1H3,(H,27,38)(H,28,35)(H,29,30,31)/t17-,19+,20-,24+/m0/s1. The first kappa shape index (κ1) is 27.5. The van der Waals surface area contributed by atoms with Gasteiger partial charge in [0.05, 0.1) is 18.9 Å². The van der Waals surface area contributed by atoms with Gasteiger partial charge in [0.1, 0.15) is 18.2 Å². The van der Waals surface area contributed by atoms with E-state index in [0.717, 1.165) is 0 Å². The molecule has 15 nitrogen and oxygen atoms in total. The molecule has 0 radical (unpaired) electrons. The molecule has 40 heavy (non-hydrogen) atoms. The van der Waals surface area contributed by atoms with Gasteiger partial charge < -0.3 is 41.2 Å². The number of hydrogen-bond acceptors (Lipinski definition) is 11. The van der Waals surface area contributed by atoms with Crippen LogP contribution < -0.4 is 26.4 Å². The number of ether oxygens (including phenoxy) is 2. The number of likely N-dealkylation sites (N-methyl/N-ethyl adjacent to an activating group) is 1. The molecular weight excluding hydrogens is 546 g/mol. The minimum absolute atomic E-state index is 0.00506. The molecule has 3 amide bonds. The molecule has 4 atom stereocenters. The molecule has 1 aromatic carbocycles. The second kappa shape index (κ2) is 11.6. The SMILES string of the molecule is CNC(=O)[C@H]1O[C@@H](n2cnc3c(NCc4cc(Cl)ccc4OCC(=O)N4CCNC(=O)C4)ncnc32)[C@H](O)[C@@H]1N. The molecule has 0 unspecified atom stereocenters. The summed E-state index contributed by atoms with van der Waals surface area (Å²) in [4.78, 5) is 50.6. The summed E-state index contributed by atoms with van der Waals surface area (Å²) in [5.41, 5.74) is 7.41. The average molecular weight is 574 g/mol. The molecule has 0 bridgehead atoms. The van der Waals surface area contributed by atoms with E-state index in [-0.39, 0.29) is 31.5 Å². The monoisotopic (exact) mass is 573 g/mol. The number of aliphatic hydroxyl groups is 1. The zero-order chi connectivity index (χ0) is 28.4. The first-order valence-corrected chi connectivity index (χ1v) is 12.8. The topological polar surface area (TPSA) is 199 Å². The lowest BCUT2D eigenvalue weighted by atomic mass is 10.1. The second-order valence-corrected chi connectivity index (χ2v) is 9.67. The Morgan fingerprint density at radius 3 is 2.92 bits per heavy atom. The summed E-state index contributed by atoms with van der Waals surface area (Å²) in [7, 11) is 1.46.